The third-order valence-electron chi connectivity index (χ3n) is 7.60. The van der Waals surface area contributed by atoms with Gasteiger partial charge in [0.05, 0.1) is 16.8 Å². The van der Waals surface area contributed by atoms with E-state index in [0.29, 0.717) is 10.6 Å². The number of amides is 1. The summed E-state index contributed by atoms with van der Waals surface area (Å²) in [6, 6.07) is 17.8. The van der Waals surface area contributed by atoms with Crippen molar-refractivity contribution in [3.8, 4) is 0 Å². The van der Waals surface area contributed by atoms with Crippen molar-refractivity contribution in [1.82, 2.24) is 0 Å². The van der Waals surface area contributed by atoms with E-state index in [2.05, 4.69) is 10.2 Å². The van der Waals surface area contributed by atoms with Gasteiger partial charge in [-0.05, 0) is 34.7 Å². The van der Waals surface area contributed by atoms with Gasteiger partial charge in [-0.3, -0.25) is 14.4 Å². The third kappa shape index (κ3) is 2.89. The molecule has 4 atom stereocenters. The second-order valence-corrected chi connectivity index (χ2v) is 11.5. The fourth-order valence-corrected chi connectivity index (χ4v) is 6.84. The molecule has 5 nitrogen and oxygen atoms in total. The molecule has 0 aliphatic carbocycles. The molecule has 3 aliphatic rings. The molecule has 6 heteroatoms. The van der Waals surface area contributed by atoms with Gasteiger partial charge in [-0.1, -0.05) is 75.4 Å². The van der Waals surface area contributed by atoms with Crippen molar-refractivity contribution in [2.75, 3.05) is 10.2 Å². The summed E-state index contributed by atoms with van der Waals surface area (Å²) in [5.41, 5.74) is 1.40. The molecule has 4 heterocycles. The summed E-state index contributed by atoms with van der Waals surface area (Å²) in [5.74, 6) is -1.31. The van der Waals surface area contributed by atoms with Gasteiger partial charge in [0, 0.05) is 16.8 Å². The lowest BCUT2D eigenvalue weighted by molar-refractivity contribution is -0.128. The normalized spacial score (nSPS) is 26.3. The highest BCUT2D eigenvalue weighted by Crippen LogP contribution is 2.58. The zero-order valence-electron chi connectivity index (χ0n) is 19.8. The number of rotatable bonds is 3. The average Bonchev–Trinajstić information content (AvgIpc) is 3.55. The SMILES string of the molecule is CC(C)(C)C(=O)[C@H]1[C@H](C(=O)c2cccs2)[C@]2(C(=O)Nc3ccccc32)[C@H]2C=Cc3ccccc3N12. The van der Waals surface area contributed by atoms with E-state index in [1.807, 2.05) is 92.9 Å². The number of Topliss-reactive ketones (excluding diaryl/α,β-unsaturated/α-hetero) is 2. The first-order valence-electron chi connectivity index (χ1n) is 11.8. The fourth-order valence-electron chi connectivity index (χ4n) is 6.14. The van der Waals surface area contributed by atoms with Crippen LogP contribution in [0.1, 0.15) is 41.6 Å². The van der Waals surface area contributed by atoms with Gasteiger partial charge >= 0.3 is 0 Å². The van der Waals surface area contributed by atoms with Crippen LogP contribution in [0.15, 0.2) is 72.1 Å². The number of hydrogen-bond donors (Lipinski definition) is 1. The van der Waals surface area contributed by atoms with Crippen LogP contribution in [0.25, 0.3) is 6.08 Å². The van der Waals surface area contributed by atoms with Crippen LogP contribution in [0.4, 0.5) is 11.4 Å². The first-order chi connectivity index (χ1) is 16.8. The highest BCUT2D eigenvalue weighted by molar-refractivity contribution is 7.12. The summed E-state index contributed by atoms with van der Waals surface area (Å²) in [4.78, 5) is 45.3. The molecule has 1 amide bonds. The zero-order valence-corrected chi connectivity index (χ0v) is 20.6. The van der Waals surface area contributed by atoms with E-state index in [0.717, 1.165) is 16.8 Å². The van der Waals surface area contributed by atoms with Gasteiger partial charge in [0.2, 0.25) is 5.91 Å². The Kier molecular flexibility index (Phi) is 4.71. The molecule has 1 N–H and O–H groups in total. The minimum atomic E-state index is -1.23. The molecule has 1 fully saturated rings. The van der Waals surface area contributed by atoms with Gasteiger partial charge in [-0.2, -0.15) is 0 Å². The first-order valence-corrected chi connectivity index (χ1v) is 12.7. The Hall–Kier alpha value is -3.51. The Morgan fingerprint density at radius 1 is 1.00 bits per heavy atom. The lowest BCUT2D eigenvalue weighted by Gasteiger charge is -2.38. The largest absolute Gasteiger partial charge is 0.352 e. The molecule has 0 bridgehead atoms. The maximum atomic E-state index is 14.3. The number of para-hydroxylation sites is 2. The van der Waals surface area contributed by atoms with E-state index >= 15 is 0 Å². The first kappa shape index (κ1) is 22.0. The van der Waals surface area contributed by atoms with Crippen LogP contribution in [0.2, 0.25) is 0 Å². The molecule has 1 spiro atoms. The maximum Gasteiger partial charge on any atom is 0.238 e. The van der Waals surface area contributed by atoms with Gasteiger partial charge in [-0.15, -0.1) is 11.3 Å². The van der Waals surface area contributed by atoms with Crippen molar-refractivity contribution in [3.63, 3.8) is 0 Å². The summed E-state index contributed by atoms with van der Waals surface area (Å²) >= 11 is 1.35. The predicted octanol–water partition coefficient (Wildman–Crippen LogP) is 5.34. The molecule has 0 unspecified atom stereocenters. The Morgan fingerprint density at radius 3 is 2.49 bits per heavy atom. The van der Waals surface area contributed by atoms with Gasteiger partial charge in [0.15, 0.2) is 11.6 Å². The van der Waals surface area contributed by atoms with E-state index in [4.69, 9.17) is 0 Å². The van der Waals surface area contributed by atoms with Crippen molar-refractivity contribution in [2.24, 2.45) is 11.3 Å². The van der Waals surface area contributed by atoms with Gasteiger partial charge in [0.25, 0.3) is 0 Å². The molecule has 176 valence electrons. The predicted molar refractivity (Wildman–Crippen MR) is 139 cm³/mol. The van der Waals surface area contributed by atoms with Crippen LogP contribution >= 0.6 is 11.3 Å². The van der Waals surface area contributed by atoms with Gasteiger partial charge in [0.1, 0.15) is 11.5 Å². The van der Waals surface area contributed by atoms with E-state index in [1.165, 1.54) is 11.3 Å². The number of carbonyl (C=O) groups is 3. The van der Waals surface area contributed by atoms with Crippen LogP contribution in [-0.4, -0.2) is 29.6 Å². The average molecular weight is 483 g/mol. The summed E-state index contributed by atoms with van der Waals surface area (Å²) in [7, 11) is 0. The number of nitrogens with one attached hydrogen (secondary N) is 1. The lowest BCUT2D eigenvalue weighted by atomic mass is 9.64. The maximum absolute atomic E-state index is 14.3. The minimum absolute atomic E-state index is 0.0448. The second-order valence-electron chi connectivity index (χ2n) is 10.5. The monoisotopic (exact) mass is 482 g/mol. The van der Waals surface area contributed by atoms with E-state index in [1.54, 1.807) is 6.07 Å². The highest BCUT2D eigenvalue weighted by Gasteiger charge is 2.70. The minimum Gasteiger partial charge on any atom is -0.352 e. The molecular formula is C29H26N2O3S. The van der Waals surface area contributed by atoms with E-state index in [9.17, 15) is 14.4 Å². The topological polar surface area (TPSA) is 66.5 Å². The number of hydrogen-bond acceptors (Lipinski definition) is 5. The number of thiophene rings is 1. The number of anilines is 2. The smallest absolute Gasteiger partial charge is 0.238 e. The van der Waals surface area contributed by atoms with Crippen LogP contribution in [0.5, 0.6) is 0 Å². The molecule has 1 aromatic heterocycles. The number of ketones is 2. The third-order valence-corrected chi connectivity index (χ3v) is 8.48. The molecule has 2 aromatic carbocycles. The standard InChI is InChI=1S/C29H26N2O3S/c1-28(2,3)26(33)24-23(25(32)21-13-8-16-35-21)29(18-10-5-6-11-19(18)30-27(29)34)22-15-14-17-9-4-7-12-20(17)31(22)24/h4-16,22-24H,1-3H3,(H,30,34)/t22-,23-,24-,29-/m1/s1. The summed E-state index contributed by atoms with van der Waals surface area (Å²) in [6.45, 7) is 5.66. The number of nitrogens with zero attached hydrogens (tertiary/aromatic N) is 1. The lowest BCUT2D eigenvalue weighted by Crippen LogP contribution is -2.51. The summed E-state index contributed by atoms with van der Waals surface area (Å²) < 4.78 is 0. The molecular weight excluding hydrogens is 456 g/mol. The van der Waals surface area contributed by atoms with Crippen LogP contribution in [0.3, 0.4) is 0 Å². The van der Waals surface area contributed by atoms with Crippen molar-refractivity contribution in [2.45, 2.75) is 38.3 Å². The Labute approximate surface area is 208 Å². The molecule has 3 aliphatic heterocycles. The van der Waals surface area contributed by atoms with Crippen LogP contribution < -0.4 is 10.2 Å². The quantitative estimate of drug-likeness (QED) is 0.512. The fraction of sp³-hybridized carbons (Fsp3) is 0.276. The number of carbonyl (C=O) groups excluding carboxylic acids is 3. The van der Waals surface area contributed by atoms with Gasteiger partial charge < -0.3 is 10.2 Å². The van der Waals surface area contributed by atoms with Gasteiger partial charge in [-0.25, -0.2) is 0 Å². The summed E-state index contributed by atoms with van der Waals surface area (Å²) in [5, 5.41) is 4.92. The van der Waals surface area contributed by atoms with Crippen molar-refractivity contribution in [1.29, 1.82) is 0 Å². The number of fused-ring (bicyclic) bond motifs is 6. The van der Waals surface area contributed by atoms with Crippen molar-refractivity contribution in [3.05, 3.63) is 88.1 Å². The highest BCUT2D eigenvalue weighted by atomic mass is 32.1. The van der Waals surface area contributed by atoms with E-state index in [-0.39, 0.29) is 17.5 Å². The molecule has 1 saturated heterocycles. The van der Waals surface area contributed by atoms with E-state index < -0.39 is 28.8 Å². The Balaban J connectivity index is 1.69. The Bertz CT molecular complexity index is 1400. The molecule has 3 aromatic rings. The molecule has 35 heavy (non-hydrogen) atoms. The van der Waals surface area contributed by atoms with Crippen molar-refractivity contribution < 1.29 is 14.4 Å². The number of benzene rings is 2. The van der Waals surface area contributed by atoms with Crippen LogP contribution in [-0.2, 0) is 15.0 Å². The molecule has 6 rings (SSSR count). The molecule has 0 radical (unpaired) electrons. The second kappa shape index (κ2) is 7.49. The zero-order chi connectivity index (χ0) is 24.5. The van der Waals surface area contributed by atoms with Crippen LogP contribution in [0, 0.1) is 11.3 Å². The molecule has 0 saturated carbocycles. The summed E-state index contributed by atoms with van der Waals surface area (Å²) in [6.07, 6.45) is 4.03. The Morgan fingerprint density at radius 2 is 1.74 bits per heavy atom. The van der Waals surface area contributed by atoms with Crippen molar-refractivity contribution >= 4 is 46.3 Å².